The number of benzene rings is 2. The van der Waals surface area contributed by atoms with Gasteiger partial charge in [0.25, 0.3) is 5.91 Å². The van der Waals surface area contributed by atoms with Crippen molar-refractivity contribution in [3.05, 3.63) is 82.2 Å². The SMILES string of the molecule is CCCN(CC(=O)N(Cc1ccc2c(c1)OCO2)Cc1ccco1)C(=O)c1ccc(Br)cc1. The summed E-state index contributed by atoms with van der Waals surface area (Å²) >= 11 is 3.39. The predicted octanol–water partition coefficient (Wildman–Crippen LogP) is 4.85. The first kappa shape index (κ1) is 22.9. The Balaban J connectivity index is 1.52. The van der Waals surface area contributed by atoms with Crippen LogP contribution >= 0.6 is 15.9 Å². The standard InChI is InChI=1S/C25H25BrN2O5/c1-2-11-27(25(30)19-6-8-20(26)9-7-19)16-24(29)28(15-21-4-3-12-31-21)14-18-5-10-22-23(13-18)33-17-32-22/h3-10,12-13H,2,11,14-17H2,1H3. The average Bonchev–Trinajstić information content (AvgIpc) is 3.50. The molecule has 0 atom stereocenters. The quantitative estimate of drug-likeness (QED) is 0.409. The van der Waals surface area contributed by atoms with E-state index in [-0.39, 0.29) is 25.2 Å². The molecule has 0 radical (unpaired) electrons. The van der Waals surface area contributed by atoms with Gasteiger partial charge in [0, 0.05) is 23.1 Å². The second kappa shape index (κ2) is 10.6. The van der Waals surface area contributed by atoms with Gasteiger partial charge in [-0.1, -0.05) is 28.9 Å². The van der Waals surface area contributed by atoms with E-state index in [4.69, 9.17) is 13.9 Å². The lowest BCUT2D eigenvalue weighted by Crippen LogP contribution is -2.42. The third-order valence-corrected chi connectivity index (χ3v) is 5.82. The number of nitrogens with zero attached hydrogens (tertiary/aromatic N) is 2. The first-order valence-electron chi connectivity index (χ1n) is 10.8. The van der Waals surface area contributed by atoms with Crippen LogP contribution in [0.4, 0.5) is 0 Å². The minimum atomic E-state index is -0.168. The van der Waals surface area contributed by atoms with Crippen LogP contribution in [-0.4, -0.2) is 41.5 Å². The molecule has 1 aliphatic heterocycles. The third-order valence-electron chi connectivity index (χ3n) is 5.29. The van der Waals surface area contributed by atoms with Crippen molar-refractivity contribution in [3.8, 4) is 11.5 Å². The second-order valence-electron chi connectivity index (χ2n) is 7.75. The van der Waals surface area contributed by atoms with E-state index in [9.17, 15) is 9.59 Å². The maximum atomic E-state index is 13.4. The Morgan fingerprint density at radius 2 is 1.76 bits per heavy atom. The number of carbonyl (C=O) groups is 2. The predicted molar refractivity (Wildman–Crippen MR) is 126 cm³/mol. The Hall–Kier alpha value is -3.26. The van der Waals surface area contributed by atoms with Crippen LogP contribution in [0, 0.1) is 0 Å². The summed E-state index contributed by atoms with van der Waals surface area (Å²) in [6.07, 6.45) is 2.33. The summed E-state index contributed by atoms with van der Waals surface area (Å²) < 4.78 is 17.2. The molecule has 0 fully saturated rings. The first-order chi connectivity index (χ1) is 16.0. The van der Waals surface area contributed by atoms with Crippen molar-refractivity contribution >= 4 is 27.7 Å². The first-order valence-corrected chi connectivity index (χ1v) is 11.6. The Morgan fingerprint density at radius 1 is 0.970 bits per heavy atom. The van der Waals surface area contributed by atoms with E-state index >= 15 is 0 Å². The maximum absolute atomic E-state index is 13.4. The van der Waals surface area contributed by atoms with E-state index in [0.29, 0.717) is 42.5 Å². The zero-order valence-corrected chi connectivity index (χ0v) is 19.9. The molecular weight excluding hydrogens is 488 g/mol. The summed E-state index contributed by atoms with van der Waals surface area (Å²) in [4.78, 5) is 29.8. The van der Waals surface area contributed by atoms with E-state index in [1.807, 2.05) is 43.3 Å². The molecule has 0 spiro atoms. The van der Waals surface area contributed by atoms with Gasteiger partial charge in [-0.25, -0.2) is 0 Å². The van der Waals surface area contributed by atoms with E-state index in [0.717, 1.165) is 16.5 Å². The fraction of sp³-hybridized carbons (Fsp3) is 0.280. The normalized spacial score (nSPS) is 11.9. The van der Waals surface area contributed by atoms with Crippen LogP contribution in [0.3, 0.4) is 0 Å². The molecule has 1 aromatic heterocycles. The number of rotatable bonds is 9. The zero-order chi connectivity index (χ0) is 23.2. The lowest BCUT2D eigenvalue weighted by atomic mass is 10.1. The fourth-order valence-corrected chi connectivity index (χ4v) is 3.91. The van der Waals surface area contributed by atoms with Gasteiger partial charge in [0.15, 0.2) is 11.5 Å². The van der Waals surface area contributed by atoms with Crippen LogP contribution in [0.25, 0.3) is 0 Å². The van der Waals surface area contributed by atoms with E-state index < -0.39 is 0 Å². The van der Waals surface area contributed by atoms with E-state index in [2.05, 4.69) is 15.9 Å². The van der Waals surface area contributed by atoms with Gasteiger partial charge < -0.3 is 23.7 Å². The lowest BCUT2D eigenvalue weighted by Gasteiger charge is -2.27. The average molecular weight is 513 g/mol. The van der Waals surface area contributed by atoms with Crippen LogP contribution in [0.5, 0.6) is 11.5 Å². The zero-order valence-electron chi connectivity index (χ0n) is 18.3. The number of hydrogen-bond donors (Lipinski definition) is 0. The molecule has 33 heavy (non-hydrogen) atoms. The highest BCUT2D eigenvalue weighted by atomic mass is 79.9. The van der Waals surface area contributed by atoms with Crippen LogP contribution in [0.15, 0.2) is 69.8 Å². The molecule has 0 aliphatic carbocycles. The molecule has 2 aromatic carbocycles. The molecule has 8 heteroatoms. The molecule has 0 saturated carbocycles. The molecule has 0 saturated heterocycles. The minimum absolute atomic E-state index is 0.0198. The van der Waals surface area contributed by atoms with Crippen LogP contribution in [-0.2, 0) is 17.9 Å². The highest BCUT2D eigenvalue weighted by molar-refractivity contribution is 9.10. The molecule has 3 aromatic rings. The summed E-state index contributed by atoms with van der Waals surface area (Å²) in [7, 11) is 0. The van der Waals surface area contributed by atoms with Crippen molar-refractivity contribution in [2.45, 2.75) is 26.4 Å². The van der Waals surface area contributed by atoms with Crippen LogP contribution in [0.2, 0.25) is 0 Å². The maximum Gasteiger partial charge on any atom is 0.254 e. The van der Waals surface area contributed by atoms with Crippen LogP contribution < -0.4 is 9.47 Å². The largest absolute Gasteiger partial charge is 0.467 e. The highest BCUT2D eigenvalue weighted by Crippen LogP contribution is 2.33. The van der Waals surface area contributed by atoms with E-state index in [1.165, 1.54) is 0 Å². The van der Waals surface area contributed by atoms with Gasteiger partial charge in [-0.05, 0) is 60.5 Å². The summed E-state index contributed by atoms with van der Waals surface area (Å²) in [5.41, 5.74) is 1.45. The molecule has 2 amide bonds. The molecule has 7 nitrogen and oxygen atoms in total. The molecular formula is C25H25BrN2O5. The second-order valence-corrected chi connectivity index (χ2v) is 8.67. The summed E-state index contributed by atoms with van der Waals surface area (Å²) in [6, 6.07) is 16.4. The van der Waals surface area contributed by atoms with Crippen molar-refractivity contribution < 1.29 is 23.5 Å². The van der Waals surface area contributed by atoms with Gasteiger partial charge >= 0.3 is 0 Å². The summed E-state index contributed by atoms with van der Waals surface area (Å²) in [6.45, 7) is 3.29. The number of hydrogen-bond acceptors (Lipinski definition) is 5. The molecule has 0 N–H and O–H groups in total. The van der Waals surface area contributed by atoms with Gasteiger partial charge in [0.2, 0.25) is 12.7 Å². The number of fused-ring (bicyclic) bond motifs is 1. The Kier molecular flexibility index (Phi) is 7.34. The highest BCUT2D eigenvalue weighted by Gasteiger charge is 2.24. The van der Waals surface area contributed by atoms with Crippen molar-refractivity contribution in [3.63, 3.8) is 0 Å². The van der Waals surface area contributed by atoms with Gasteiger partial charge in [0.05, 0.1) is 12.8 Å². The van der Waals surface area contributed by atoms with Crippen molar-refractivity contribution in [2.75, 3.05) is 19.9 Å². The van der Waals surface area contributed by atoms with Crippen molar-refractivity contribution in [1.82, 2.24) is 9.80 Å². The van der Waals surface area contributed by atoms with Crippen molar-refractivity contribution in [2.24, 2.45) is 0 Å². The topological polar surface area (TPSA) is 72.2 Å². The van der Waals surface area contributed by atoms with Gasteiger partial charge in [-0.15, -0.1) is 0 Å². The van der Waals surface area contributed by atoms with Gasteiger partial charge in [0.1, 0.15) is 12.3 Å². The number of furan rings is 1. The number of amides is 2. The number of ether oxygens (including phenoxy) is 2. The van der Waals surface area contributed by atoms with Gasteiger partial charge in [-0.3, -0.25) is 9.59 Å². The summed E-state index contributed by atoms with van der Waals surface area (Å²) in [5, 5.41) is 0. The molecule has 172 valence electrons. The summed E-state index contributed by atoms with van der Waals surface area (Å²) in [5.74, 6) is 1.69. The van der Waals surface area contributed by atoms with Gasteiger partial charge in [-0.2, -0.15) is 0 Å². The lowest BCUT2D eigenvalue weighted by molar-refractivity contribution is -0.133. The number of halogens is 1. The Bertz CT molecular complexity index is 1100. The Morgan fingerprint density at radius 3 is 2.48 bits per heavy atom. The molecule has 4 rings (SSSR count). The van der Waals surface area contributed by atoms with E-state index in [1.54, 1.807) is 34.3 Å². The molecule has 2 heterocycles. The van der Waals surface area contributed by atoms with Crippen LogP contribution in [0.1, 0.15) is 35.0 Å². The Labute approximate surface area is 201 Å². The van der Waals surface area contributed by atoms with Crippen molar-refractivity contribution in [1.29, 1.82) is 0 Å². The minimum Gasteiger partial charge on any atom is -0.467 e. The molecule has 0 bridgehead atoms. The third kappa shape index (κ3) is 5.76. The molecule has 1 aliphatic rings. The fourth-order valence-electron chi connectivity index (χ4n) is 3.64. The number of carbonyl (C=O) groups excluding carboxylic acids is 2. The smallest absolute Gasteiger partial charge is 0.254 e. The molecule has 0 unspecified atom stereocenters. The monoisotopic (exact) mass is 512 g/mol.